The van der Waals surface area contributed by atoms with E-state index in [0.717, 1.165) is 23.4 Å². The van der Waals surface area contributed by atoms with Crippen LogP contribution in [0.25, 0.3) is 10.6 Å². The van der Waals surface area contributed by atoms with Gasteiger partial charge in [-0.2, -0.15) is 5.10 Å². The van der Waals surface area contributed by atoms with E-state index in [-0.39, 0.29) is 17.9 Å². The molecule has 0 radical (unpaired) electrons. The number of aliphatic carboxylic acids is 1. The highest BCUT2D eigenvalue weighted by atomic mass is 32.1. The van der Waals surface area contributed by atoms with Gasteiger partial charge in [0, 0.05) is 19.7 Å². The smallest absolute Gasteiger partial charge is 0.309 e. The first-order valence-electron chi connectivity index (χ1n) is 8.86. The fourth-order valence-electron chi connectivity index (χ4n) is 3.92. The first-order chi connectivity index (χ1) is 12.6. The summed E-state index contributed by atoms with van der Waals surface area (Å²) in [6, 6.07) is 5.74. The highest BCUT2D eigenvalue weighted by Crippen LogP contribution is 2.33. The lowest BCUT2D eigenvalue weighted by Crippen LogP contribution is -2.43. The summed E-state index contributed by atoms with van der Waals surface area (Å²) in [4.78, 5) is 26.9. The van der Waals surface area contributed by atoms with Crippen LogP contribution in [0, 0.1) is 11.8 Å². The van der Waals surface area contributed by atoms with Gasteiger partial charge in [-0.05, 0) is 42.7 Å². The molecule has 7 nitrogen and oxygen atoms in total. The Hall–Kier alpha value is -2.19. The van der Waals surface area contributed by atoms with Crippen LogP contribution in [0.3, 0.4) is 0 Å². The molecule has 1 unspecified atom stereocenters. The van der Waals surface area contributed by atoms with Gasteiger partial charge in [0.1, 0.15) is 0 Å². The van der Waals surface area contributed by atoms with Gasteiger partial charge in [0.05, 0.1) is 22.6 Å². The molecule has 8 heteroatoms. The maximum atomic E-state index is 12.7. The number of piperidine rings is 1. The molecule has 2 fully saturated rings. The molecule has 0 saturated carbocycles. The number of likely N-dealkylation sites (tertiary alicyclic amines) is 1. The number of carboxylic acid groups (broad SMARTS) is 1. The third kappa shape index (κ3) is 3.26. The molecule has 0 aliphatic carbocycles. The number of hydrogen-bond acceptors (Lipinski definition) is 5. The molecule has 2 N–H and O–H groups in total. The van der Waals surface area contributed by atoms with Gasteiger partial charge in [0.2, 0.25) is 0 Å². The Labute approximate surface area is 155 Å². The third-order valence-electron chi connectivity index (χ3n) is 5.33. The van der Waals surface area contributed by atoms with E-state index >= 15 is 0 Å². The molecule has 2 aliphatic heterocycles. The Bertz CT molecular complexity index is 780. The van der Waals surface area contributed by atoms with E-state index in [4.69, 9.17) is 4.74 Å². The highest BCUT2D eigenvalue weighted by molar-refractivity contribution is 7.13. The first-order valence-corrected chi connectivity index (χ1v) is 9.74. The van der Waals surface area contributed by atoms with Crippen LogP contribution < -0.4 is 0 Å². The lowest BCUT2D eigenvalue weighted by atomic mass is 9.84. The summed E-state index contributed by atoms with van der Waals surface area (Å²) in [5.41, 5.74) is 1.27. The topological polar surface area (TPSA) is 95.5 Å². The predicted octanol–water partition coefficient (Wildman–Crippen LogP) is 2.48. The number of nitrogens with one attached hydrogen (secondary N) is 1. The Morgan fingerprint density at radius 2 is 2.12 bits per heavy atom. The van der Waals surface area contributed by atoms with Crippen molar-refractivity contribution < 1.29 is 19.4 Å². The second-order valence-corrected chi connectivity index (χ2v) is 7.79. The molecule has 2 saturated heterocycles. The van der Waals surface area contributed by atoms with E-state index in [1.807, 2.05) is 17.5 Å². The molecule has 0 aromatic carbocycles. The standard InChI is InChI=1S/C18H21N3O4S/c22-17(14-10-13(19-20-14)15-2-1-9-26-15)21-6-3-11(4-7-21)16-12(18(23)24)5-8-25-16/h1-2,9-12,16H,3-8H2,(H,19,20)(H,23,24)/t12?,16-/m0/s1. The van der Waals surface area contributed by atoms with Crippen molar-refractivity contribution in [1.82, 2.24) is 15.1 Å². The van der Waals surface area contributed by atoms with E-state index in [2.05, 4.69) is 10.2 Å². The number of carbonyl (C=O) groups is 2. The van der Waals surface area contributed by atoms with Gasteiger partial charge >= 0.3 is 5.97 Å². The van der Waals surface area contributed by atoms with Crippen LogP contribution in [0.2, 0.25) is 0 Å². The predicted molar refractivity (Wildman–Crippen MR) is 96.0 cm³/mol. The quantitative estimate of drug-likeness (QED) is 0.856. The number of carboxylic acids is 1. The number of aromatic amines is 1. The average Bonchev–Trinajstić information content (AvgIpc) is 3.42. The van der Waals surface area contributed by atoms with Gasteiger partial charge in [-0.3, -0.25) is 14.7 Å². The second kappa shape index (κ2) is 7.20. The summed E-state index contributed by atoms with van der Waals surface area (Å²) in [6.45, 7) is 1.73. The van der Waals surface area contributed by atoms with Gasteiger partial charge in [0.15, 0.2) is 5.69 Å². The fourth-order valence-corrected chi connectivity index (χ4v) is 4.61. The fraction of sp³-hybridized carbons (Fsp3) is 0.500. The van der Waals surface area contributed by atoms with Crippen molar-refractivity contribution in [3.63, 3.8) is 0 Å². The molecule has 1 amide bonds. The number of thiophene rings is 1. The molecule has 2 aromatic heterocycles. The number of aromatic nitrogens is 2. The van der Waals surface area contributed by atoms with Crippen molar-refractivity contribution in [2.24, 2.45) is 11.8 Å². The maximum absolute atomic E-state index is 12.7. The summed E-state index contributed by atoms with van der Waals surface area (Å²) in [5.74, 6) is -1.07. The third-order valence-corrected chi connectivity index (χ3v) is 6.23. The number of rotatable bonds is 4. The number of H-pyrrole nitrogens is 1. The van der Waals surface area contributed by atoms with E-state index in [9.17, 15) is 14.7 Å². The average molecular weight is 375 g/mol. The van der Waals surface area contributed by atoms with Gasteiger partial charge in [0.25, 0.3) is 5.91 Å². The number of ether oxygens (including phenoxy) is 1. The molecule has 138 valence electrons. The van der Waals surface area contributed by atoms with E-state index in [1.54, 1.807) is 22.3 Å². The van der Waals surface area contributed by atoms with E-state index < -0.39 is 11.9 Å². The van der Waals surface area contributed by atoms with Crippen LogP contribution in [-0.2, 0) is 9.53 Å². The van der Waals surface area contributed by atoms with Gasteiger partial charge in [-0.15, -0.1) is 11.3 Å². The molecule has 4 heterocycles. The number of carbonyl (C=O) groups excluding carboxylic acids is 1. The van der Waals surface area contributed by atoms with Crippen LogP contribution in [-0.4, -0.2) is 57.9 Å². The van der Waals surface area contributed by atoms with E-state index in [0.29, 0.717) is 31.8 Å². The normalized spacial score (nSPS) is 24.1. The minimum atomic E-state index is -0.774. The Kier molecular flexibility index (Phi) is 4.78. The number of nitrogens with zero attached hydrogens (tertiary/aromatic N) is 2. The summed E-state index contributed by atoms with van der Waals surface area (Å²) >= 11 is 1.60. The van der Waals surface area contributed by atoms with Crippen molar-refractivity contribution in [2.45, 2.75) is 25.4 Å². The maximum Gasteiger partial charge on any atom is 0.309 e. The summed E-state index contributed by atoms with van der Waals surface area (Å²) in [5, 5.41) is 18.4. The molecule has 0 bridgehead atoms. The molecular weight excluding hydrogens is 354 g/mol. The van der Waals surface area contributed by atoms with Gasteiger partial charge in [-0.25, -0.2) is 0 Å². The van der Waals surface area contributed by atoms with E-state index in [1.165, 1.54) is 0 Å². The van der Waals surface area contributed by atoms with Crippen LogP contribution in [0.1, 0.15) is 29.8 Å². The summed E-state index contributed by atoms with van der Waals surface area (Å²) in [6.07, 6.45) is 1.89. The van der Waals surface area contributed by atoms with Crippen LogP contribution in [0.5, 0.6) is 0 Å². The molecule has 0 spiro atoms. The largest absolute Gasteiger partial charge is 0.481 e. The summed E-state index contributed by atoms with van der Waals surface area (Å²) < 4.78 is 5.69. The SMILES string of the molecule is O=C(O)C1CCO[C@H]1C1CCN(C(=O)c2cc(-c3cccs3)[nH]n2)CC1. The van der Waals surface area contributed by atoms with Crippen LogP contribution in [0.4, 0.5) is 0 Å². The molecule has 4 rings (SSSR count). The minimum absolute atomic E-state index is 0.0790. The lowest BCUT2D eigenvalue weighted by Gasteiger charge is -2.35. The molecule has 2 aromatic rings. The van der Waals surface area contributed by atoms with Gasteiger partial charge < -0.3 is 14.7 Å². The van der Waals surface area contributed by atoms with Crippen LogP contribution >= 0.6 is 11.3 Å². The monoisotopic (exact) mass is 375 g/mol. The van der Waals surface area contributed by atoms with Gasteiger partial charge in [-0.1, -0.05) is 6.07 Å². The Balaban J connectivity index is 1.37. The zero-order valence-corrected chi connectivity index (χ0v) is 15.1. The number of hydrogen-bond donors (Lipinski definition) is 2. The Morgan fingerprint density at radius 3 is 2.81 bits per heavy atom. The van der Waals surface area contributed by atoms with Crippen molar-refractivity contribution in [3.8, 4) is 10.6 Å². The van der Waals surface area contributed by atoms with Crippen molar-refractivity contribution in [3.05, 3.63) is 29.3 Å². The number of amides is 1. The first kappa shape index (κ1) is 17.2. The molecule has 26 heavy (non-hydrogen) atoms. The zero-order valence-electron chi connectivity index (χ0n) is 14.3. The Morgan fingerprint density at radius 1 is 1.31 bits per heavy atom. The van der Waals surface area contributed by atoms with Crippen molar-refractivity contribution >= 4 is 23.2 Å². The lowest BCUT2D eigenvalue weighted by molar-refractivity contribution is -0.145. The molecular formula is C18H21N3O4S. The molecule has 2 atom stereocenters. The second-order valence-electron chi connectivity index (χ2n) is 6.84. The van der Waals surface area contributed by atoms with Crippen molar-refractivity contribution in [2.75, 3.05) is 19.7 Å². The summed E-state index contributed by atoms with van der Waals surface area (Å²) in [7, 11) is 0. The minimum Gasteiger partial charge on any atom is -0.481 e. The highest BCUT2D eigenvalue weighted by Gasteiger charge is 2.41. The molecule has 2 aliphatic rings. The van der Waals surface area contributed by atoms with Crippen LogP contribution in [0.15, 0.2) is 23.6 Å². The van der Waals surface area contributed by atoms with Crippen molar-refractivity contribution in [1.29, 1.82) is 0 Å². The zero-order chi connectivity index (χ0) is 18.1.